The van der Waals surface area contributed by atoms with Crippen molar-refractivity contribution in [1.29, 1.82) is 0 Å². The summed E-state index contributed by atoms with van der Waals surface area (Å²) in [7, 11) is 0. The number of benzene rings is 1. The van der Waals surface area contributed by atoms with E-state index in [0.29, 0.717) is 6.54 Å². The molecule has 0 radical (unpaired) electrons. The van der Waals surface area contributed by atoms with E-state index in [9.17, 15) is 4.79 Å². The Labute approximate surface area is 150 Å². The molecule has 2 aromatic rings. The van der Waals surface area contributed by atoms with Crippen LogP contribution in [0.25, 0.3) is 0 Å². The van der Waals surface area contributed by atoms with Crippen molar-refractivity contribution in [1.82, 2.24) is 9.47 Å². The van der Waals surface area contributed by atoms with Crippen molar-refractivity contribution < 1.29 is 4.79 Å². The first kappa shape index (κ1) is 18.6. The molecule has 4 heteroatoms. The van der Waals surface area contributed by atoms with Crippen molar-refractivity contribution in [2.45, 2.75) is 53.2 Å². The molecule has 0 spiro atoms. The Balaban J connectivity index is 2.20. The standard InChI is InChI=1S/C20H27ClN2O/c1-5-16(4)23(20(24)15(2)3)14-19-10-7-11-22(19)13-17-8-6-9-18(21)12-17/h6-12,15-16H,5,13-14H2,1-4H3. The fourth-order valence-corrected chi connectivity index (χ4v) is 2.97. The molecule has 0 bridgehead atoms. The van der Waals surface area contributed by atoms with Gasteiger partial charge in [0.2, 0.25) is 5.91 Å². The van der Waals surface area contributed by atoms with Crippen molar-refractivity contribution in [2.75, 3.05) is 0 Å². The van der Waals surface area contributed by atoms with E-state index in [2.05, 4.69) is 36.7 Å². The maximum absolute atomic E-state index is 12.6. The van der Waals surface area contributed by atoms with Crippen LogP contribution in [0.5, 0.6) is 0 Å². The Kier molecular flexibility index (Phi) is 6.50. The van der Waals surface area contributed by atoms with Crippen molar-refractivity contribution in [3.05, 3.63) is 58.9 Å². The molecule has 0 saturated heterocycles. The molecule has 2 rings (SSSR count). The van der Waals surface area contributed by atoms with E-state index in [4.69, 9.17) is 11.6 Å². The van der Waals surface area contributed by atoms with Crippen LogP contribution in [-0.2, 0) is 17.9 Å². The van der Waals surface area contributed by atoms with E-state index in [1.807, 2.05) is 43.0 Å². The van der Waals surface area contributed by atoms with Gasteiger partial charge in [-0.25, -0.2) is 0 Å². The molecule has 1 unspecified atom stereocenters. The van der Waals surface area contributed by atoms with Gasteiger partial charge in [0.25, 0.3) is 0 Å². The second-order valence-corrected chi connectivity index (χ2v) is 7.07. The number of hydrogen-bond donors (Lipinski definition) is 0. The predicted molar refractivity (Wildman–Crippen MR) is 100 cm³/mol. The highest BCUT2D eigenvalue weighted by Crippen LogP contribution is 2.17. The highest BCUT2D eigenvalue weighted by Gasteiger charge is 2.22. The third-order valence-electron chi connectivity index (χ3n) is 4.40. The first-order valence-corrected chi connectivity index (χ1v) is 8.99. The Morgan fingerprint density at radius 1 is 1.21 bits per heavy atom. The van der Waals surface area contributed by atoms with Crippen LogP contribution in [0.4, 0.5) is 0 Å². The highest BCUT2D eigenvalue weighted by molar-refractivity contribution is 6.30. The number of carbonyl (C=O) groups is 1. The zero-order valence-corrected chi connectivity index (χ0v) is 15.8. The molecule has 24 heavy (non-hydrogen) atoms. The van der Waals surface area contributed by atoms with E-state index >= 15 is 0 Å². The Morgan fingerprint density at radius 2 is 1.96 bits per heavy atom. The van der Waals surface area contributed by atoms with Crippen LogP contribution in [-0.4, -0.2) is 21.4 Å². The quantitative estimate of drug-likeness (QED) is 0.694. The van der Waals surface area contributed by atoms with Gasteiger partial charge in [-0.2, -0.15) is 0 Å². The summed E-state index contributed by atoms with van der Waals surface area (Å²) in [6.45, 7) is 9.55. The van der Waals surface area contributed by atoms with Crippen LogP contribution in [0.3, 0.4) is 0 Å². The van der Waals surface area contributed by atoms with Crippen LogP contribution in [0, 0.1) is 5.92 Å². The van der Waals surface area contributed by atoms with Crippen LogP contribution in [0.2, 0.25) is 5.02 Å². The number of hydrogen-bond acceptors (Lipinski definition) is 1. The van der Waals surface area contributed by atoms with E-state index in [1.54, 1.807) is 0 Å². The van der Waals surface area contributed by atoms with Crippen LogP contribution in [0.1, 0.15) is 45.4 Å². The smallest absolute Gasteiger partial charge is 0.225 e. The lowest BCUT2D eigenvalue weighted by Gasteiger charge is -2.30. The number of rotatable bonds is 7. The lowest BCUT2D eigenvalue weighted by molar-refractivity contribution is -0.137. The molecule has 1 aromatic carbocycles. The zero-order valence-electron chi connectivity index (χ0n) is 15.0. The monoisotopic (exact) mass is 346 g/mol. The highest BCUT2D eigenvalue weighted by atomic mass is 35.5. The minimum Gasteiger partial charge on any atom is -0.345 e. The zero-order chi connectivity index (χ0) is 17.7. The summed E-state index contributed by atoms with van der Waals surface area (Å²) < 4.78 is 2.19. The number of nitrogens with zero attached hydrogens (tertiary/aromatic N) is 2. The third kappa shape index (κ3) is 4.64. The third-order valence-corrected chi connectivity index (χ3v) is 4.63. The van der Waals surface area contributed by atoms with Gasteiger partial charge in [0.15, 0.2) is 0 Å². The number of carbonyl (C=O) groups excluding carboxylic acids is 1. The van der Waals surface area contributed by atoms with Crippen molar-refractivity contribution in [3.8, 4) is 0 Å². The van der Waals surface area contributed by atoms with Gasteiger partial charge in [0.05, 0.1) is 6.54 Å². The second-order valence-electron chi connectivity index (χ2n) is 6.64. The molecule has 1 atom stereocenters. The van der Waals surface area contributed by atoms with Crippen LogP contribution >= 0.6 is 11.6 Å². The van der Waals surface area contributed by atoms with E-state index in [0.717, 1.165) is 29.2 Å². The lowest BCUT2D eigenvalue weighted by Crippen LogP contribution is -2.40. The van der Waals surface area contributed by atoms with Gasteiger partial charge in [0, 0.05) is 35.4 Å². The topological polar surface area (TPSA) is 25.2 Å². The van der Waals surface area contributed by atoms with Gasteiger partial charge in [-0.1, -0.05) is 44.5 Å². The van der Waals surface area contributed by atoms with E-state index < -0.39 is 0 Å². The lowest BCUT2D eigenvalue weighted by atomic mass is 10.1. The molecule has 1 aromatic heterocycles. The first-order chi connectivity index (χ1) is 11.4. The number of aromatic nitrogens is 1. The van der Waals surface area contributed by atoms with Gasteiger partial charge >= 0.3 is 0 Å². The van der Waals surface area contributed by atoms with Gasteiger partial charge in [-0.15, -0.1) is 0 Å². The predicted octanol–water partition coefficient (Wildman–Crippen LogP) is 4.97. The maximum atomic E-state index is 12.6. The van der Waals surface area contributed by atoms with E-state index in [-0.39, 0.29) is 17.9 Å². The van der Waals surface area contributed by atoms with Crippen LogP contribution in [0.15, 0.2) is 42.6 Å². The second kappa shape index (κ2) is 8.39. The molecule has 130 valence electrons. The number of amides is 1. The van der Waals surface area contributed by atoms with Crippen molar-refractivity contribution in [2.24, 2.45) is 5.92 Å². The minimum atomic E-state index is 0.00958. The van der Waals surface area contributed by atoms with Crippen molar-refractivity contribution in [3.63, 3.8) is 0 Å². The Hall–Kier alpha value is -1.74. The fourth-order valence-electron chi connectivity index (χ4n) is 2.76. The summed E-state index contributed by atoms with van der Waals surface area (Å²) in [5.41, 5.74) is 2.30. The summed E-state index contributed by atoms with van der Waals surface area (Å²) in [6.07, 6.45) is 3.01. The SMILES string of the molecule is CCC(C)N(Cc1cccn1Cc1cccc(Cl)c1)C(=O)C(C)C. The molecule has 0 aliphatic carbocycles. The fraction of sp³-hybridized carbons (Fsp3) is 0.450. The minimum absolute atomic E-state index is 0.00958. The summed E-state index contributed by atoms with van der Waals surface area (Å²) in [5.74, 6) is 0.218. The Bertz CT molecular complexity index is 678. The molecule has 3 nitrogen and oxygen atoms in total. The first-order valence-electron chi connectivity index (χ1n) is 8.61. The molecular formula is C20H27ClN2O. The molecule has 0 aliphatic rings. The summed E-state index contributed by atoms with van der Waals surface area (Å²) in [4.78, 5) is 14.6. The van der Waals surface area contributed by atoms with Gasteiger partial charge in [-0.05, 0) is 43.2 Å². The molecule has 1 heterocycles. The van der Waals surface area contributed by atoms with Crippen molar-refractivity contribution >= 4 is 17.5 Å². The van der Waals surface area contributed by atoms with Gasteiger partial charge in [-0.3, -0.25) is 4.79 Å². The molecule has 1 amide bonds. The molecule has 0 saturated carbocycles. The van der Waals surface area contributed by atoms with Gasteiger partial charge < -0.3 is 9.47 Å². The average molecular weight is 347 g/mol. The molecule has 0 N–H and O–H groups in total. The van der Waals surface area contributed by atoms with E-state index in [1.165, 1.54) is 0 Å². The summed E-state index contributed by atoms with van der Waals surface area (Å²) >= 11 is 6.08. The average Bonchev–Trinajstić information content (AvgIpc) is 2.98. The Morgan fingerprint density at radius 3 is 2.58 bits per heavy atom. The largest absolute Gasteiger partial charge is 0.345 e. The number of halogens is 1. The molecule has 0 fully saturated rings. The normalized spacial score (nSPS) is 12.4. The molecule has 0 aliphatic heterocycles. The van der Waals surface area contributed by atoms with Gasteiger partial charge in [0.1, 0.15) is 0 Å². The maximum Gasteiger partial charge on any atom is 0.225 e. The summed E-state index contributed by atoms with van der Waals surface area (Å²) in [6, 6.07) is 12.3. The van der Waals surface area contributed by atoms with Crippen LogP contribution < -0.4 is 0 Å². The summed E-state index contributed by atoms with van der Waals surface area (Å²) in [5, 5.41) is 0.748. The molecular weight excluding hydrogens is 320 g/mol.